The fourth-order valence-corrected chi connectivity index (χ4v) is 3.91. The van der Waals surface area contributed by atoms with E-state index in [0.717, 1.165) is 5.56 Å². The van der Waals surface area contributed by atoms with Gasteiger partial charge in [0, 0.05) is 13.3 Å². The van der Waals surface area contributed by atoms with Crippen LogP contribution in [-0.2, 0) is 25.3 Å². The van der Waals surface area contributed by atoms with Gasteiger partial charge in [0.2, 0.25) is 0 Å². The SMILES string of the molecule is C#C[C@@H](C[C@@H](OCc1ccccc1)[C@H](CC#N)O[Si](C)(C)C(C)(C)C)OC(C)=O. The van der Waals surface area contributed by atoms with Gasteiger partial charge in [-0.3, -0.25) is 4.79 Å². The maximum absolute atomic E-state index is 11.4. The third-order valence-corrected chi connectivity index (χ3v) is 9.71. The van der Waals surface area contributed by atoms with Crippen LogP contribution in [0.4, 0.5) is 0 Å². The van der Waals surface area contributed by atoms with Gasteiger partial charge in [0.25, 0.3) is 0 Å². The van der Waals surface area contributed by atoms with E-state index in [1.54, 1.807) is 0 Å². The Morgan fingerprint density at radius 1 is 1.21 bits per heavy atom. The Bertz CT molecular complexity index is 728. The first-order valence-electron chi connectivity index (χ1n) is 9.83. The highest BCUT2D eigenvalue weighted by molar-refractivity contribution is 6.74. The maximum atomic E-state index is 11.4. The molecule has 0 saturated carbocycles. The summed E-state index contributed by atoms with van der Waals surface area (Å²) in [7, 11) is -2.16. The van der Waals surface area contributed by atoms with Crippen LogP contribution < -0.4 is 0 Å². The van der Waals surface area contributed by atoms with Crippen LogP contribution in [0.1, 0.15) is 46.1 Å². The smallest absolute Gasteiger partial charge is 0.303 e. The number of esters is 1. The molecule has 0 aliphatic carbocycles. The molecule has 3 atom stereocenters. The summed E-state index contributed by atoms with van der Waals surface area (Å²) in [5.41, 5.74) is 1.00. The number of rotatable bonds is 10. The summed E-state index contributed by atoms with van der Waals surface area (Å²) in [4.78, 5) is 11.4. The van der Waals surface area contributed by atoms with Gasteiger partial charge >= 0.3 is 5.97 Å². The predicted molar refractivity (Wildman–Crippen MR) is 116 cm³/mol. The molecule has 0 bridgehead atoms. The van der Waals surface area contributed by atoms with Gasteiger partial charge in [0.05, 0.1) is 31.3 Å². The lowest BCUT2D eigenvalue weighted by Gasteiger charge is -2.41. The topological polar surface area (TPSA) is 68.6 Å². The molecule has 0 unspecified atom stereocenters. The lowest BCUT2D eigenvalue weighted by Crippen LogP contribution is -2.48. The van der Waals surface area contributed by atoms with E-state index in [1.165, 1.54) is 6.92 Å². The van der Waals surface area contributed by atoms with Gasteiger partial charge < -0.3 is 13.9 Å². The number of benzene rings is 1. The van der Waals surface area contributed by atoms with Crippen molar-refractivity contribution >= 4 is 14.3 Å². The number of terminal acetylenes is 1. The van der Waals surface area contributed by atoms with Crippen molar-refractivity contribution in [2.24, 2.45) is 0 Å². The van der Waals surface area contributed by atoms with Crippen LogP contribution in [0.5, 0.6) is 0 Å². The van der Waals surface area contributed by atoms with Crippen molar-refractivity contribution in [1.82, 2.24) is 0 Å². The van der Waals surface area contributed by atoms with Crippen LogP contribution in [0.2, 0.25) is 18.1 Å². The van der Waals surface area contributed by atoms with Gasteiger partial charge in [-0.2, -0.15) is 5.26 Å². The predicted octanol–water partition coefficient (Wildman–Crippen LogP) is 4.83. The fraction of sp³-hybridized carbons (Fsp3) is 0.565. The summed E-state index contributed by atoms with van der Waals surface area (Å²) in [5.74, 6) is 2.05. The molecule has 0 aromatic heterocycles. The van der Waals surface area contributed by atoms with Crippen LogP contribution in [0.15, 0.2) is 30.3 Å². The summed E-state index contributed by atoms with van der Waals surface area (Å²) >= 11 is 0. The molecule has 0 heterocycles. The molecule has 0 N–H and O–H groups in total. The molecule has 0 fully saturated rings. The zero-order valence-electron chi connectivity index (χ0n) is 18.4. The number of carbonyl (C=O) groups excluding carboxylic acids is 1. The molecule has 0 aliphatic rings. The van der Waals surface area contributed by atoms with E-state index >= 15 is 0 Å². The second kappa shape index (κ2) is 11.2. The van der Waals surface area contributed by atoms with Crippen molar-refractivity contribution in [3.8, 4) is 18.4 Å². The summed E-state index contributed by atoms with van der Waals surface area (Å²) < 4.78 is 17.9. The second-order valence-corrected chi connectivity index (χ2v) is 13.4. The lowest BCUT2D eigenvalue weighted by molar-refractivity contribution is -0.146. The number of nitrogens with zero attached hydrogens (tertiary/aromatic N) is 1. The van der Waals surface area contributed by atoms with E-state index < -0.39 is 32.6 Å². The van der Waals surface area contributed by atoms with Crippen LogP contribution >= 0.6 is 0 Å². The molecule has 5 nitrogen and oxygen atoms in total. The van der Waals surface area contributed by atoms with E-state index in [1.807, 2.05) is 30.3 Å². The van der Waals surface area contributed by atoms with Crippen molar-refractivity contribution in [3.63, 3.8) is 0 Å². The first-order chi connectivity index (χ1) is 13.5. The Kier molecular flexibility index (Phi) is 9.59. The maximum Gasteiger partial charge on any atom is 0.303 e. The molecule has 0 radical (unpaired) electrons. The number of hydrogen-bond donors (Lipinski definition) is 0. The molecule has 1 aromatic carbocycles. The van der Waals surface area contributed by atoms with E-state index in [2.05, 4.69) is 45.9 Å². The number of ether oxygens (including phenoxy) is 2. The molecule has 0 spiro atoms. The highest BCUT2D eigenvalue weighted by atomic mass is 28.4. The quantitative estimate of drug-likeness (QED) is 0.311. The van der Waals surface area contributed by atoms with Crippen molar-refractivity contribution < 1.29 is 18.7 Å². The summed E-state index contributed by atoms with van der Waals surface area (Å²) in [6.45, 7) is 12.4. The van der Waals surface area contributed by atoms with Crippen LogP contribution in [0.3, 0.4) is 0 Å². The Labute approximate surface area is 176 Å². The first kappa shape index (κ1) is 24.9. The molecular formula is C23H33NO4Si. The van der Waals surface area contributed by atoms with E-state index in [9.17, 15) is 10.1 Å². The second-order valence-electron chi connectivity index (χ2n) is 8.61. The van der Waals surface area contributed by atoms with Gasteiger partial charge in [0.1, 0.15) is 0 Å². The zero-order valence-corrected chi connectivity index (χ0v) is 19.4. The van der Waals surface area contributed by atoms with Crippen molar-refractivity contribution in [1.29, 1.82) is 5.26 Å². The largest absolute Gasteiger partial charge is 0.449 e. The molecule has 158 valence electrons. The average Bonchev–Trinajstić information content (AvgIpc) is 2.63. The Balaban J connectivity index is 3.09. The fourth-order valence-electron chi connectivity index (χ4n) is 2.56. The number of hydrogen-bond acceptors (Lipinski definition) is 5. The highest BCUT2D eigenvalue weighted by Crippen LogP contribution is 2.38. The molecule has 1 aromatic rings. The standard InChI is InChI=1S/C23H33NO4Si/c1-8-20(27-18(2)25)16-22(26-17-19-12-10-9-11-13-19)21(14-15-24)28-29(6,7)23(3,4)5/h1,9-13,20-22H,14,16-17H2,2-7H3/t20-,21-,22+/m0/s1. The van der Waals surface area contributed by atoms with Gasteiger partial charge in [-0.05, 0) is 23.7 Å². The Morgan fingerprint density at radius 2 is 1.83 bits per heavy atom. The molecule has 1 rings (SSSR count). The number of carbonyl (C=O) groups is 1. The minimum atomic E-state index is -2.16. The Hall–Kier alpha value is -2.12. The average molecular weight is 416 g/mol. The molecular weight excluding hydrogens is 382 g/mol. The monoisotopic (exact) mass is 415 g/mol. The summed E-state index contributed by atoms with van der Waals surface area (Å²) in [6.07, 6.45) is 4.32. The van der Waals surface area contributed by atoms with Crippen molar-refractivity contribution in [2.45, 2.75) is 83.6 Å². The molecule has 0 amide bonds. The van der Waals surface area contributed by atoms with Crippen LogP contribution in [0.25, 0.3) is 0 Å². The minimum Gasteiger partial charge on any atom is -0.449 e. The van der Waals surface area contributed by atoms with Crippen LogP contribution in [-0.4, -0.2) is 32.6 Å². The summed E-state index contributed by atoms with van der Waals surface area (Å²) in [5, 5.41) is 9.39. The van der Waals surface area contributed by atoms with Gasteiger partial charge in [-0.15, -0.1) is 6.42 Å². The Morgan fingerprint density at radius 3 is 2.31 bits per heavy atom. The third-order valence-electron chi connectivity index (χ3n) is 5.21. The van der Waals surface area contributed by atoms with Gasteiger partial charge in [-0.1, -0.05) is 57.0 Å². The van der Waals surface area contributed by atoms with E-state index in [0.29, 0.717) is 6.61 Å². The van der Waals surface area contributed by atoms with Crippen molar-refractivity contribution in [2.75, 3.05) is 0 Å². The summed E-state index contributed by atoms with van der Waals surface area (Å²) in [6, 6.07) is 12.0. The van der Waals surface area contributed by atoms with Gasteiger partial charge in [-0.25, -0.2) is 0 Å². The lowest BCUT2D eigenvalue weighted by atomic mass is 10.0. The minimum absolute atomic E-state index is 0.0217. The molecule has 29 heavy (non-hydrogen) atoms. The highest BCUT2D eigenvalue weighted by Gasteiger charge is 2.41. The first-order valence-corrected chi connectivity index (χ1v) is 12.7. The molecule has 0 aliphatic heterocycles. The zero-order chi connectivity index (χ0) is 22.1. The molecule has 6 heteroatoms. The van der Waals surface area contributed by atoms with Crippen LogP contribution in [0, 0.1) is 23.7 Å². The third kappa shape index (κ3) is 8.41. The number of nitriles is 1. The van der Waals surface area contributed by atoms with E-state index in [-0.39, 0.29) is 17.9 Å². The van der Waals surface area contributed by atoms with E-state index in [4.69, 9.17) is 20.3 Å². The van der Waals surface area contributed by atoms with Gasteiger partial charge in [0.15, 0.2) is 14.4 Å². The molecule has 0 saturated heterocycles. The van der Waals surface area contributed by atoms with Crippen molar-refractivity contribution in [3.05, 3.63) is 35.9 Å². The normalized spacial score (nSPS) is 14.9.